The van der Waals surface area contributed by atoms with Gasteiger partial charge >= 0.3 is 0 Å². The summed E-state index contributed by atoms with van der Waals surface area (Å²) in [5.41, 5.74) is 0.470. The molecule has 1 aromatic heterocycles. The molecule has 148 valence electrons. The highest BCUT2D eigenvalue weighted by Crippen LogP contribution is 2.33. The average Bonchev–Trinajstić information content (AvgIpc) is 3.38. The number of halogens is 1. The molecule has 10 heteroatoms. The van der Waals surface area contributed by atoms with Crippen LogP contribution in [-0.4, -0.2) is 39.9 Å². The molecule has 0 spiro atoms. The van der Waals surface area contributed by atoms with Gasteiger partial charge < -0.3 is 14.2 Å². The van der Waals surface area contributed by atoms with E-state index in [-0.39, 0.29) is 25.1 Å². The third kappa shape index (κ3) is 3.35. The fourth-order valence-corrected chi connectivity index (χ4v) is 3.99. The fourth-order valence-electron chi connectivity index (χ4n) is 3.12. The van der Waals surface area contributed by atoms with Crippen LogP contribution in [0.1, 0.15) is 16.2 Å². The number of benzene rings is 2. The number of ether oxygens (including phenoxy) is 3. The molecule has 0 saturated heterocycles. The number of hydrogen-bond acceptors (Lipinski definition) is 7. The lowest BCUT2D eigenvalue weighted by atomic mass is 10.2. The lowest BCUT2D eigenvalue weighted by Crippen LogP contribution is -2.45. The first-order valence-corrected chi connectivity index (χ1v) is 9.85. The largest absolute Gasteiger partial charge is 0.485 e. The summed E-state index contributed by atoms with van der Waals surface area (Å²) in [6, 6.07) is 10.9. The molecular weight excluding hydrogens is 399 g/mol. The van der Waals surface area contributed by atoms with Crippen molar-refractivity contribution in [3.05, 3.63) is 59.7 Å². The Hall–Kier alpha value is -3.27. The van der Waals surface area contributed by atoms with Crippen LogP contribution in [0.2, 0.25) is 0 Å². The Kier molecular flexibility index (Phi) is 4.47. The van der Waals surface area contributed by atoms with Crippen LogP contribution in [0.15, 0.2) is 47.6 Å². The number of fused-ring (bicyclic) bond motifs is 2. The lowest BCUT2D eigenvalue weighted by molar-refractivity contribution is 0.0952. The molecule has 29 heavy (non-hydrogen) atoms. The maximum atomic E-state index is 13.4. The topological polar surface area (TPSA) is 78.7 Å². The number of carbonyl (C=O) groups excluding carboxylic acids is 1. The lowest BCUT2D eigenvalue weighted by Gasteiger charge is -2.29. The Morgan fingerprint density at radius 1 is 1.17 bits per heavy atom. The van der Waals surface area contributed by atoms with Crippen molar-refractivity contribution in [3.63, 3.8) is 0 Å². The van der Waals surface area contributed by atoms with Gasteiger partial charge in [0.05, 0.1) is 6.54 Å². The van der Waals surface area contributed by atoms with Crippen LogP contribution < -0.4 is 19.2 Å². The van der Waals surface area contributed by atoms with Gasteiger partial charge in [0, 0.05) is 17.4 Å². The molecule has 2 aliphatic heterocycles. The van der Waals surface area contributed by atoms with Crippen molar-refractivity contribution < 1.29 is 23.4 Å². The molecule has 0 atom stereocenters. The van der Waals surface area contributed by atoms with E-state index in [0.717, 1.165) is 0 Å². The number of nitrogens with zero attached hydrogens (tertiary/aromatic N) is 4. The van der Waals surface area contributed by atoms with Gasteiger partial charge in [-0.05, 0) is 30.3 Å². The van der Waals surface area contributed by atoms with Gasteiger partial charge in [0.1, 0.15) is 18.2 Å². The van der Waals surface area contributed by atoms with E-state index < -0.39 is 0 Å². The number of rotatable bonds is 4. The zero-order valence-corrected chi connectivity index (χ0v) is 15.9. The van der Waals surface area contributed by atoms with Crippen LogP contribution in [0, 0.1) is 5.82 Å². The molecule has 0 radical (unpaired) electrons. The van der Waals surface area contributed by atoms with Crippen LogP contribution in [0.25, 0.3) is 0 Å². The Morgan fingerprint density at radius 2 is 2.07 bits per heavy atom. The predicted molar refractivity (Wildman–Crippen MR) is 101 cm³/mol. The van der Waals surface area contributed by atoms with Crippen LogP contribution >= 0.6 is 11.8 Å². The Labute approximate surface area is 169 Å². The second-order valence-electron chi connectivity index (χ2n) is 6.30. The third-order valence-electron chi connectivity index (χ3n) is 4.47. The van der Waals surface area contributed by atoms with Gasteiger partial charge in [0.15, 0.2) is 17.3 Å². The SMILES string of the molecule is O=C(c1ccc2c(c1)OCO2)N1CCSc2nnc(COc3cccc(F)c3)n21. The summed E-state index contributed by atoms with van der Waals surface area (Å²) in [6.07, 6.45) is 0. The minimum atomic E-state index is -0.388. The molecule has 3 heterocycles. The van der Waals surface area contributed by atoms with Crippen LogP contribution in [-0.2, 0) is 6.61 Å². The van der Waals surface area contributed by atoms with Gasteiger partial charge in [0.2, 0.25) is 11.9 Å². The smallest absolute Gasteiger partial charge is 0.272 e. The molecule has 5 rings (SSSR count). The molecule has 2 aliphatic rings. The summed E-state index contributed by atoms with van der Waals surface area (Å²) < 4.78 is 31.3. The summed E-state index contributed by atoms with van der Waals surface area (Å²) in [7, 11) is 0. The van der Waals surface area contributed by atoms with E-state index >= 15 is 0 Å². The molecule has 0 bridgehead atoms. The molecule has 8 nitrogen and oxygen atoms in total. The number of thioether (sulfide) groups is 1. The Morgan fingerprint density at radius 3 is 2.97 bits per heavy atom. The quantitative estimate of drug-likeness (QED) is 0.649. The number of amides is 1. The van der Waals surface area contributed by atoms with Crippen molar-refractivity contribution in [1.82, 2.24) is 14.9 Å². The first-order valence-electron chi connectivity index (χ1n) is 8.86. The summed E-state index contributed by atoms with van der Waals surface area (Å²) in [6.45, 7) is 0.669. The molecule has 0 N–H and O–H groups in total. The van der Waals surface area contributed by atoms with Crippen molar-refractivity contribution in [3.8, 4) is 17.2 Å². The Bertz CT molecular complexity index is 1090. The Balaban J connectivity index is 1.41. The van der Waals surface area contributed by atoms with Gasteiger partial charge in [-0.3, -0.25) is 4.79 Å². The summed E-state index contributed by atoms with van der Waals surface area (Å²) in [4.78, 5) is 13.2. The highest BCUT2D eigenvalue weighted by molar-refractivity contribution is 7.99. The zero-order chi connectivity index (χ0) is 19.8. The maximum Gasteiger partial charge on any atom is 0.272 e. The predicted octanol–water partition coefficient (Wildman–Crippen LogP) is 2.61. The minimum absolute atomic E-state index is 0.0436. The van der Waals surface area contributed by atoms with E-state index in [1.54, 1.807) is 40.0 Å². The molecule has 0 saturated carbocycles. The van der Waals surface area contributed by atoms with Gasteiger partial charge in [-0.15, -0.1) is 10.2 Å². The zero-order valence-electron chi connectivity index (χ0n) is 15.1. The molecule has 0 fully saturated rings. The molecule has 1 amide bonds. The molecule has 3 aromatic rings. The van der Waals surface area contributed by atoms with Gasteiger partial charge in [0.25, 0.3) is 5.91 Å². The highest BCUT2D eigenvalue weighted by Gasteiger charge is 2.29. The van der Waals surface area contributed by atoms with Crippen molar-refractivity contribution in [2.45, 2.75) is 11.8 Å². The summed E-state index contributed by atoms with van der Waals surface area (Å²) in [5.74, 6) is 2.08. The number of carbonyl (C=O) groups is 1. The van der Waals surface area contributed by atoms with Crippen LogP contribution in [0.3, 0.4) is 0 Å². The van der Waals surface area contributed by atoms with E-state index in [1.165, 1.54) is 23.9 Å². The van der Waals surface area contributed by atoms with Gasteiger partial charge in [-0.25, -0.2) is 14.1 Å². The second-order valence-corrected chi connectivity index (χ2v) is 7.36. The van der Waals surface area contributed by atoms with Gasteiger partial charge in [-0.2, -0.15) is 0 Å². The van der Waals surface area contributed by atoms with E-state index in [0.29, 0.717) is 46.1 Å². The fraction of sp³-hybridized carbons (Fsp3) is 0.211. The van der Waals surface area contributed by atoms with E-state index in [2.05, 4.69) is 10.2 Å². The minimum Gasteiger partial charge on any atom is -0.485 e. The van der Waals surface area contributed by atoms with E-state index in [1.807, 2.05) is 0 Å². The first-order chi connectivity index (χ1) is 14.2. The van der Waals surface area contributed by atoms with E-state index in [4.69, 9.17) is 14.2 Å². The summed E-state index contributed by atoms with van der Waals surface area (Å²) >= 11 is 1.51. The van der Waals surface area contributed by atoms with Crippen molar-refractivity contribution in [2.24, 2.45) is 0 Å². The van der Waals surface area contributed by atoms with Crippen molar-refractivity contribution in [1.29, 1.82) is 0 Å². The van der Waals surface area contributed by atoms with E-state index in [9.17, 15) is 9.18 Å². The van der Waals surface area contributed by atoms with Crippen molar-refractivity contribution in [2.75, 3.05) is 24.1 Å². The average molecular weight is 414 g/mol. The number of hydrogen-bond donors (Lipinski definition) is 0. The molecular formula is C19H15FN4O4S. The standard InChI is InChI=1S/C19H15FN4O4S/c20-13-2-1-3-14(9-13)26-10-17-21-22-19-24(17)23(6-7-29-19)18(25)12-4-5-15-16(8-12)28-11-27-15/h1-5,8-9H,6-7,10-11H2. The third-order valence-corrected chi connectivity index (χ3v) is 5.37. The van der Waals surface area contributed by atoms with Crippen LogP contribution in [0.4, 0.5) is 4.39 Å². The van der Waals surface area contributed by atoms with Gasteiger partial charge in [-0.1, -0.05) is 17.8 Å². The molecule has 2 aromatic carbocycles. The monoisotopic (exact) mass is 414 g/mol. The van der Waals surface area contributed by atoms with Crippen LogP contribution in [0.5, 0.6) is 17.2 Å². The second kappa shape index (κ2) is 7.28. The first kappa shape index (κ1) is 17.8. The normalized spacial score (nSPS) is 14.6. The number of aromatic nitrogens is 3. The maximum absolute atomic E-state index is 13.4. The highest BCUT2D eigenvalue weighted by atomic mass is 32.2. The van der Waals surface area contributed by atoms with Crippen molar-refractivity contribution >= 4 is 17.7 Å². The summed E-state index contributed by atoms with van der Waals surface area (Å²) in [5, 5.41) is 10.5. The molecule has 0 unspecified atom stereocenters. The molecule has 0 aliphatic carbocycles.